The number of allylic oxidation sites excluding steroid dienone is 7. The van der Waals surface area contributed by atoms with Crippen LogP contribution in [-0.4, -0.2) is 52.3 Å². The van der Waals surface area contributed by atoms with Crippen molar-refractivity contribution in [3.63, 3.8) is 0 Å². The fourth-order valence-electron chi connectivity index (χ4n) is 4.45. The van der Waals surface area contributed by atoms with Gasteiger partial charge in [0.25, 0.3) is 0 Å². The first kappa shape index (κ1) is 44.0. The molecular weight excluding hydrogens is 607 g/mol. The lowest BCUT2D eigenvalue weighted by Gasteiger charge is -2.18. The molecule has 0 saturated carbocycles. The van der Waals surface area contributed by atoms with E-state index < -0.39 is 32.5 Å². The number of carbonyl (C=O) groups is 2. The standard InChI is InChI=1S/C36H63O9P/c1-4-5-26-33(37)27-22-18-14-10-8-6-7-9-11-15-19-23-28-35(38)43-30-34(31-44-46(40,41)42)45-36(39)29-24-20-16-12-13-17-21-25-32(2)3/h6-7,10-11,14-15,22,27,32-34,37H,4-5,8-9,12-13,16-21,23-26,28-31H2,1-3H3,(H2,40,41,42)/b7-6-,14-10-,15-11-,27-22-/t33-,34+/m0/s1. The largest absolute Gasteiger partial charge is 0.469 e. The Labute approximate surface area is 278 Å². The van der Waals surface area contributed by atoms with Gasteiger partial charge in [0.2, 0.25) is 0 Å². The summed E-state index contributed by atoms with van der Waals surface area (Å²) in [5.41, 5.74) is 0. The Morgan fingerprint density at radius 3 is 1.87 bits per heavy atom. The van der Waals surface area contributed by atoms with E-state index in [0.717, 1.165) is 63.7 Å². The zero-order valence-corrected chi connectivity index (χ0v) is 29.6. The molecule has 0 unspecified atom stereocenters. The van der Waals surface area contributed by atoms with Gasteiger partial charge in [-0.25, -0.2) is 4.57 Å². The first-order valence-corrected chi connectivity index (χ1v) is 18.9. The summed E-state index contributed by atoms with van der Waals surface area (Å²) in [7, 11) is -4.77. The van der Waals surface area contributed by atoms with Crippen molar-refractivity contribution in [2.45, 2.75) is 149 Å². The monoisotopic (exact) mass is 670 g/mol. The molecule has 0 radical (unpaired) electrons. The minimum Gasteiger partial charge on any atom is -0.462 e. The molecule has 0 bridgehead atoms. The number of aliphatic hydroxyl groups is 1. The number of aliphatic hydroxyl groups excluding tert-OH is 1. The molecule has 46 heavy (non-hydrogen) atoms. The molecule has 266 valence electrons. The number of phosphoric acid groups is 1. The first-order valence-electron chi connectivity index (χ1n) is 17.4. The van der Waals surface area contributed by atoms with Crippen LogP contribution in [-0.2, 0) is 28.2 Å². The van der Waals surface area contributed by atoms with Crippen molar-refractivity contribution in [3.8, 4) is 0 Å². The molecule has 0 spiro atoms. The van der Waals surface area contributed by atoms with Crippen LogP contribution < -0.4 is 0 Å². The lowest BCUT2D eigenvalue weighted by molar-refractivity contribution is -0.161. The Morgan fingerprint density at radius 2 is 1.26 bits per heavy atom. The lowest BCUT2D eigenvalue weighted by Crippen LogP contribution is -2.29. The predicted molar refractivity (Wildman–Crippen MR) is 185 cm³/mol. The van der Waals surface area contributed by atoms with Crippen molar-refractivity contribution in [3.05, 3.63) is 48.6 Å². The molecule has 0 aromatic heterocycles. The van der Waals surface area contributed by atoms with E-state index in [2.05, 4.69) is 49.6 Å². The lowest BCUT2D eigenvalue weighted by atomic mass is 10.0. The molecular formula is C36H63O9P. The number of hydrogen-bond acceptors (Lipinski definition) is 7. The van der Waals surface area contributed by atoms with Crippen molar-refractivity contribution >= 4 is 19.8 Å². The quantitative estimate of drug-likeness (QED) is 0.0296. The molecule has 0 rings (SSSR count). The van der Waals surface area contributed by atoms with Gasteiger partial charge in [0.15, 0.2) is 6.10 Å². The van der Waals surface area contributed by atoms with Gasteiger partial charge in [0.1, 0.15) is 6.61 Å². The van der Waals surface area contributed by atoms with Gasteiger partial charge in [0.05, 0.1) is 12.7 Å². The summed E-state index contributed by atoms with van der Waals surface area (Å²) in [4.78, 5) is 42.5. The molecule has 0 amide bonds. The van der Waals surface area contributed by atoms with Gasteiger partial charge in [-0.05, 0) is 50.9 Å². The Morgan fingerprint density at radius 1 is 0.696 bits per heavy atom. The SMILES string of the molecule is CCCC[C@H](O)/C=C\C/C=C\C/C=C\C/C=C\CCCC(=O)OC[C@H](COP(=O)(O)O)OC(=O)CCCCCCCCCC(C)C. The van der Waals surface area contributed by atoms with Crippen molar-refractivity contribution in [2.75, 3.05) is 13.2 Å². The van der Waals surface area contributed by atoms with E-state index in [1.165, 1.54) is 25.7 Å². The molecule has 0 heterocycles. The van der Waals surface area contributed by atoms with Gasteiger partial charge in [0, 0.05) is 12.8 Å². The third-order valence-electron chi connectivity index (χ3n) is 7.10. The van der Waals surface area contributed by atoms with Crippen LogP contribution in [0.4, 0.5) is 0 Å². The van der Waals surface area contributed by atoms with Crippen LogP contribution >= 0.6 is 7.82 Å². The second-order valence-corrected chi connectivity index (χ2v) is 13.4. The number of unbranched alkanes of at least 4 members (excludes halogenated alkanes) is 8. The smallest absolute Gasteiger partial charge is 0.462 e. The second kappa shape index (κ2) is 30.3. The third-order valence-corrected chi connectivity index (χ3v) is 7.58. The summed E-state index contributed by atoms with van der Waals surface area (Å²) in [6, 6.07) is 0. The molecule has 0 aliphatic heterocycles. The number of hydrogen-bond donors (Lipinski definition) is 3. The topological polar surface area (TPSA) is 140 Å². The highest BCUT2D eigenvalue weighted by molar-refractivity contribution is 7.46. The summed E-state index contributed by atoms with van der Waals surface area (Å²) in [6.45, 7) is 5.69. The molecule has 0 saturated heterocycles. The Balaban J connectivity index is 4.14. The molecule has 3 N–H and O–H groups in total. The minimum atomic E-state index is -4.77. The van der Waals surface area contributed by atoms with Crippen molar-refractivity contribution < 1.29 is 43.0 Å². The van der Waals surface area contributed by atoms with Crippen molar-refractivity contribution in [1.29, 1.82) is 0 Å². The van der Waals surface area contributed by atoms with E-state index in [4.69, 9.17) is 19.3 Å². The number of esters is 2. The van der Waals surface area contributed by atoms with E-state index in [0.29, 0.717) is 19.3 Å². The van der Waals surface area contributed by atoms with Crippen LogP contribution in [0.25, 0.3) is 0 Å². The highest BCUT2D eigenvalue weighted by atomic mass is 31.2. The molecule has 0 aromatic carbocycles. The maximum absolute atomic E-state index is 12.3. The summed E-state index contributed by atoms with van der Waals surface area (Å²) >= 11 is 0. The van der Waals surface area contributed by atoms with Crippen molar-refractivity contribution in [2.24, 2.45) is 5.92 Å². The van der Waals surface area contributed by atoms with E-state index in [1.807, 2.05) is 24.3 Å². The zero-order chi connectivity index (χ0) is 34.3. The van der Waals surface area contributed by atoms with E-state index in [9.17, 15) is 19.3 Å². The predicted octanol–water partition coefficient (Wildman–Crippen LogP) is 8.83. The van der Waals surface area contributed by atoms with Gasteiger partial charge >= 0.3 is 19.8 Å². The highest BCUT2D eigenvalue weighted by Crippen LogP contribution is 2.35. The normalized spacial score (nSPS) is 13.9. The van der Waals surface area contributed by atoms with Gasteiger partial charge in [-0.1, -0.05) is 127 Å². The zero-order valence-electron chi connectivity index (χ0n) is 28.7. The van der Waals surface area contributed by atoms with Crippen LogP contribution in [0.5, 0.6) is 0 Å². The molecule has 0 aliphatic carbocycles. The Hall–Kier alpha value is -2.03. The van der Waals surface area contributed by atoms with E-state index >= 15 is 0 Å². The van der Waals surface area contributed by atoms with Gasteiger partial charge < -0.3 is 24.4 Å². The van der Waals surface area contributed by atoms with Crippen LogP contribution in [0.15, 0.2) is 48.6 Å². The highest BCUT2D eigenvalue weighted by Gasteiger charge is 2.22. The summed E-state index contributed by atoms with van der Waals surface area (Å²) < 4.78 is 26.1. The van der Waals surface area contributed by atoms with E-state index in [1.54, 1.807) is 0 Å². The molecule has 9 nitrogen and oxygen atoms in total. The number of phosphoric ester groups is 1. The van der Waals surface area contributed by atoms with Gasteiger partial charge in [-0.2, -0.15) is 0 Å². The summed E-state index contributed by atoms with van der Waals surface area (Å²) in [6.07, 6.45) is 30.6. The van der Waals surface area contributed by atoms with Crippen LogP contribution in [0, 0.1) is 5.92 Å². The maximum atomic E-state index is 12.3. The first-order chi connectivity index (χ1) is 22.0. The number of ether oxygens (including phenoxy) is 2. The summed E-state index contributed by atoms with van der Waals surface area (Å²) in [5, 5.41) is 9.76. The molecule has 0 aromatic rings. The average Bonchev–Trinajstić information content (AvgIpc) is 3.00. The molecule has 0 aliphatic rings. The Kier molecular flexibility index (Phi) is 29.0. The van der Waals surface area contributed by atoms with E-state index in [-0.39, 0.29) is 25.6 Å². The number of carbonyl (C=O) groups excluding carboxylic acids is 2. The second-order valence-electron chi connectivity index (χ2n) is 12.1. The molecule has 0 fully saturated rings. The average molecular weight is 671 g/mol. The van der Waals surface area contributed by atoms with Crippen LogP contribution in [0.3, 0.4) is 0 Å². The third kappa shape index (κ3) is 33.3. The minimum absolute atomic E-state index is 0.173. The van der Waals surface area contributed by atoms with Gasteiger partial charge in [-0.3, -0.25) is 14.1 Å². The van der Waals surface area contributed by atoms with Crippen molar-refractivity contribution in [1.82, 2.24) is 0 Å². The van der Waals surface area contributed by atoms with Gasteiger partial charge in [-0.15, -0.1) is 0 Å². The van der Waals surface area contributed by atoms with Crippen LogP contribution in [0.1, 0.15) is 136 Å². The fourth-order valence-corrected chi connectivity index (χ4v) is 4.81. The summed E-state index contributed by atoms with van der Waals surface area (Å²) in [5.74, 6) is -0.239. The fraction of sp³-hybridized carbons (Fsp3) is 0.722. The molecule has 10 heteroatoms. The van der Waals surface area contributed by atoms with Crippen LogP contribution in [0.2, 0.25) is 0 Å². The maximum Gasteiger partial charge on any atom is 0.469 e. The molecule has 2 atom stereocenters. The number of rotatable bonds is 30. The Bertz CT molecular complexity index is 920.